The van der Waals surface area contributed by atoms with E-state index < -0.39 is 0 Å². The molecule has 84 valence electrons. The summed E-state index contributed by atoms with van der Waals surface area (Å²) in [4.78, 5) is 4.26. The first-order valence-electron chi connectivity index (χ1n) is 5.38. The fourth-order valence-electron chi connectivity index (χ4n) is 1.85. The first kappa shape index (κ1) is 9.84. The highest BCUT2D eigenvalue weighted by Crippen LogP contribution is 2.26. The average Bonchev–Trinajstić information content (AvgIpc) is 2.87. The van der Waals surface area contributed by atoms with Crippen LogP contribution >= 0.6 is 0 Å². The van der Waals surface area contributed by atoms with Crippen molar-refractivity contribution in [3.05, 3.63) is 42.5 Å². The monoisotopic (exact) mass is 225 g/mol. The summed E-state index contributed by atoms with van der Waals surface area (Å²) in [6.07, 6.45) is 0. The average molecular weight is 225 g/mol. The standard InChI is InChI=1S/C13H11N3O/c1-14-13-15-12(16-17-13)11-8-4-6-9-5-2-3-7-10(9)11/h2-8H,1H3,(H,14,15,16). The molecule has 3 aromatic rings. The lowest BCUT2D eigenvalue weighted by atomic mass is 10.0. The molecule has 0 bridgehead atoms. The van der Waals surface area contributed by atoms with Gasteiger partial charge in [0, 0.05) is 12.6 Å². The first-order chi connectivity index (χ1) is 8.38. The maximum absolute atomic E-state index is 5.04. The van der Waals surface area contributed by atoms with Crippen LogP contribution in [0.25, 0.3) is 22.2 Å². The molecule has 0 atom stereocenters. The van der Waals surface area contributed by atoms with E-state index in [2.05, 4.69) is 33.7 Å². The zero-order chi connectivity index (χ0) is 11.7. The van der Waals surface area contributed by atoms with Crippen LogP contribution in [0.4, 0.5) is 6.01 Å². The minimum atomic E-state index is 0.424. The van der Waals surface area contributed by atoms with Crippen molar-refractivity contribution < 1.29 is 4.52 Å². The van der Waals surface area contributed by atoms with Crippen molar-refractivity contribution >= 4 is 16.8 Å². The second-order valence-corrected chi connectivity index (χ2v) is 3.70. The number of hydrogen-bond acceptors (Lipinski definition) is 4. The van der Waals surface area contributed by atoms with Crippen LogP contribution in [-0.4, -0.2) is 17.2 Å². The van der Waals surface area contributed by atoms with Gasteiger partial charge in [-0.2, -0.15) is 4.98 Å². The number of nitrogens with zero attached hydrogens (tertiary/aromatic N) is 2. The molecule has 1 N–H and O–H groups in total. The fraction of sp³-hybridized carbons (Fsp3) is 0.0769. The zero-order valence-electron chi connectivity index (χ0n) is 9.34. The molecular weight excluding hydrogens is 214 g/mol. The van der Waals surface area contributed by atoms with Crippen molar-refractivity contribution in [1.29, 1.82) is 0 Å². The number of benzene rings is 2. The molecule has 4 heteroatoms. The van der Waals surface area contributed by atoms with E-state index >= 15 is 0 Å². The molecule has 3 rings (SSSR count). The Morgan fingerprint density at radius 1 is 1.06 bits per heavy atom. The van der Waals surface area contributed by atoms with E-state index in [-0.39, 0.29) is 0 Å². The lowest BCUT2D eigenvalue weighted by Gasteiger charge is -2.01. The van der Waals surface area contributed by atoms with E-state index in [1.807, 2.05) is 24.3 Å². The van der Waals surface area contributed by atoms with Crippen molar-refractivity contribution in [2.24, 2.45) is 0 Å². The predicted molar refractivity (Wildman–Crippen MR) is 66.8 cm³/mol. The minimum absolute atomic E-state index is 0.424. The highest BCUT2D eigenvalue weighted by atomic mass is 16.5. The van der Waals surface area contributed by atoms with Gasteiger partial charge in [0.15, 0.2) is 0 Å². The molecule has 0 amide bonds. The summed E-state index contributed by atoms with van der Waals surface area (Å²) in [5.41, 5.74) is 0.980. The maximum atomic E-state index is 5.04. The third-order valence-electron chi connectivity index (χ3n) is 2.67. The fourth-order valence-corrected chi connectivity index (χ4v) is 1.85. The van der Waals surface area contributed by atoms with E-state index in [9.17, 15) is 0 Å². The van der Waals surface area contributed by atoms with Gasteiger partial charge in [-0.15, -0.1) is 0 Å². The molecule has 1 heterocycles. The van der Waals surface area contributed by atoms with Crippen LogP contribution < -0.4 is 5.32 Å². The molecule has 1 aromatic heterocycles. The smallest absolute Gasteiger partial charge is 0.321 e. The molecule has 0 radical (unpaired) electrons. The third kappa shape index (κ3) is 1.63. The first-order valence-corrected chi connectivity index (χ1v) is 5.38. The van der Waals surface area contributed by atoms with Crippen molar-refractivity contribution in [1.82, 2.24) is 10.1 Å². The SMILES string of the molecule is CNc1nc(-c2cccc3ccccc23)no1. The summed E-state index contributed by atoms with van der Waals surface area (Å²) in [6, 6.07) is 14.6. The van der Waals surface area contributed by atoms with Gasteiger partial charge in [0.2, 0.25) is 5.82 Å². The van der Waals surface area contributed by atoms with Crippen molar-refractivity contribution in [3.63, 3.8) is 0 Å². The van der Waals surface area contributed by atoms with E-state index in [1.165, 1.54) is 5.39 Å². The summed E-state index contributed by atoms with van der Waals surface area (Å²) in [6.45, 7) is 0. The summed E-state index contributed by atoms with van der Waals surface area (Å²) in [7, 11) is 1.75. The van der Waals surface area contributed by atoms with Crippen LogP contribution in [0, 0.1) is 0 Å². The van der Waals surface area contributed by atoms with Crippen molar-refractivity contribution in [2.75, 3.05) is 12.4 Å². The molecule has 0 fully saturated rings. The summed E-state index contributed by atoms with van der Waals surface area (Å²) >= 11 is 0. The molecular formula is C13H11N3O. The molecule has 0 spiro atoms. The Kier molecular flexibility index (Phi) is 2.26. The van der Waals surface area contributed by atoms with E-state index in [0.29, 0.717) is 11.8 Å². The number of anilines is 1. The van der Waals surface area contributed by atoms with Gasteiger partial charge in [0.1, 0.15) is 0 Å². The normalized spacial score (nSPS) is 10.6. The molecule has 2 aromatic carbocycles. The highest BCUT2D eigenvalue weighted by Gasteiger charge is 2.09. The topological polar surface area (TPSA) is 51.0 Å². The Morgan fingerprint density at radius 2 is 1.88 bits per heavy atom. The number of fused-ring (bicyclic) bond motifs is 1. The summed E-state index contributed by atoms with van der Waals surface area (Å²) < 4.78 is 5.04. The number of hydrogen-bond donors (Lipinski definition) is 1. The van der Waals surface area contributed by atoms with Gasteiger partial charge >= 0.3 is 6.01 Å². The van der Waals surface area contributed by atoms with Crippen LogP contribution in [0.5, 0.6) is 0 Å². The van der Waals surface area contributed by atoms with Gasteiger partial charge in [-0.1, -0.05) is 47.6 Å². The van der Waals surface area contributed by atoms with Crippen LogP contribution in [0.3, 0.4) is 0 Å². The molecule has 0 unspecified atom stereocenters. The second kappa shape index (κ2) is 3.90. The van der Waals surface area contributed by atoms with Gasteiger partial charge in [-0.3, -0.25) is 0 Å². The van der Waals surface area contributed by atoms with Gasteiger partial charge in [-0.05, 0) is 10.8 Å². The van der Waals surface area contributed by atoms with Crippen LogP contribution in [0.15, 0.2) is 47.0 Å². The number of aromatic nitrogens is 2. The Morgan fingerprint density at radius 3 is 2.71 bits per heavy atom. The summed E-state index contributed by atoms with van der Waals surface area (Å²) in [5, 5.41) is 9.07. The van der Waals surface area contributed by atoms with Gasteiger partial charge < -0.3 is 9.84 Å². The molecule has 0 aliphatic rings. The van der Waals surface area contributed by atoms with E-state index in [1.54, 1.807) is 7.05 Å². The van der Waals surface area contributed by atoms with Gasteiger partial charge in [-0.25, -0.2) is 0 Å². The second-order valence-electron chi connectivity index (χ2n) is 3.70. The van der Waals surface area contributed by atoms with Crippen molar-refractivity contribution in [3.8, 4) is 11.4 Å². The molecule has 0 saturated carbocycles. The van der Waals surface area contributed by atoms with Crippen LogP contribution in [0.2, 0.25) is 0 Å². The van der Waals surface area contributed by atoms with Crippen LogP contribution in [-0.2, 0) is 0 Å². The van der Waals surface area contributed by atoms with E-state index in [0.717, 1.165) is 10.9 Å². The molecule has 0 aliphatic carbocycles. The molecule has 17 heavy (non-hydrogen) atoms. The van der Waals surface area contributed by atoms with E-state index in [4.69, 9.17) is 4.52 Å². The minimum Gasteiger partial charge on any atom is -0.341 e. The third-order valence-corrected chi connectivity index (χ3v) is 2.67. The lowest BCUT2D eigenvalue weighted by molar-refractivity contribution is 0.434. The largest absolute Gasteiger partial charge is 0.341 e. The Balaban J connectivity index is 2.23. The Bertz CT molecular complexity index is 655. The quantitative estimate of drug-likeness (QED) is 0.728. The molecule has 0 aliphatic heterocycles. The summed E-state index contributed by atoms with van der Waals surface area (Å²) in [5.74, 6) is 0.603. The predicted octanol–water partition coefficient (Wildman–Crippen LogP) is 2.93. The van der Waals surface area contributed by atoms with Gasteiger partial charge in [0.25, 0.3) is 0 Å². The lowest BCUT2D eigenvalue weighted by Crippen LogP contribution is -1.87. The zero-order valence-corrected chi connectivity index (χ0v) is 9.34. The molecule has 0 saturated heterocycles. The number of nitrogens with one attached hydrogen (secondary N) is 1. The van der Waals surface area contributed by atoms with Gasteiger partial charge in [0.05, 0.1) is 0 Å². The van der Waals surface area contributed by atoms with Crippen molar-refractivity contribution in [2.45, 2.75) is 0 Å². The number of rotatable bonds is 2. The Hall–Kier alpha value is -2.36. The maximum Gasteiger partial charge on any atom is 0.321 e. The Labute approximate surface area is 98.3 Å². The van der Waals surface area contributed by atoms with Crippen LogP contribution in [0.1, 0.15) is 0 Å². The highest BCUT2D eigenvalue weighted by molar-refractivity contribution is 5.94. The molecule has 4 nitrogen and oxygen atoms in total.